The Kier molecular flexibility index (Phi) is 8.26. The third-order valence-corrected chi connectivity index (χ3v) is 3.96. The summed E-state index contributed by atoms with van der Waals surface area (Å²) in [6.07, 6.45) is 5.85. The van der Waals surface area contributed by atoms with Crippen molar-refractivity contribution in [2.24, 2.45) is 0 Å². The second kappa shape index (κ2) is 9.67. The molecule has 0 fully saturated rings. The molecule has 5 heteroatoms. The largest absolute Gasteiger partial charge is 0.273 e. The molecule has 1 rings (SSSR count). The molecular formula is C19H29ClN2O2. The molecule has 0 radical (unpaired) electrons. The quantitative estimate of drug-likeness (QED) is 0.556. The Labute approximate surface area is 150 Å². The normalized spacial score (nSPS) is 11.2. The summed E-state index contributed by atoms with van der Waals surface area (Å²) in [6, 6.07) is 6.68. The number of carbonyl (C=O) groups excluding carboxylic acids is 2. The van der Waals surface area contributed by atoms with Crippen molar-refractivity contribution in [3.8, 4) is 0 Å². The molecule has 1 aromatic carbocycles. The maximum Gasteiger partial charge on any atom is 0.272 e. The molecule has 0 aromatic heterocycles. The Morgan fingerprint density at radius 2 is 1.62 bits per heavy atom. The fourth-order valence-electron chi connectivity index (χ4n) is 2.31. The number of nitrogens with one attached hydrogen (secondary N) is 1. The number of hydrogen-bond acceptors (Lipinski definition) is 2. The van der Waals surface area contributed by atoms with Crippen molar-refractivity contribution >= 4 is 23.4 Å². The average molecular weight is 353 g/mol. The molecule has 0 saturated heterocycles. The lowest BCUT2D eigenvalue weighted by Gasteiger charge is -2.35. The number of rotatable bonds is 7. The van der Waals surface area contributed by atoms with Crippen molar-refractivity contribution in [2.45, 2.75) is 71.8 Å². The third kappa shape index (κ3) is 6.91. The van der Waals surface area contributed by atoms with Crippen molar-refractivity contribution in [1.29, 1.82) is 0 Å². The van der Waals surface area contributed by atoms with Gasteiger partial charge >= 0.3 is 0 Å². The van der Waals surface area contributed by atoms with Gasteiger partial charge in [-0.1, -0.05) is 44.2 Å². The predicted molar refractivity (Wildman–Crippen MR) is 98.9 cm³/mol. The van der Waals surface area contributed by atoms with Crippen molar-refractivity contribution in [2.75, 3.05) is 0 Å². The number of carbonyl (C=O) groups is 2. The van der Waals surface area contributed by atoms with Crippen LogP contribution in [-0.4, -0.2) is 22.4 Å². The van der Waals surface area contributed by atoms with E-state index in [4.69, 9.17) is 11.6 Å². The molecule has 0 saturated carbocycles. The molecule has 0 unspecified atom stereocenters. The van der Waals surface area contributed by atoms with E-state index in [2.05, 4.69) is 12.3 Å². The maximum absolute atomic E-state index is 12.7. The first-order chi connectivity index (χ1) is 11.3. The summed E-state index contributed by atoms with van der Waals surface area (Å²) in [5, 5.41) is 1.98. The van der Waals surface area contributed by atoms with Crippen molar-refractivity contribution in [3.63, 3.8) is 0 Å². The molecule has 0 aliphatic rings. The van der Waals surface area contributed by atoms with Crippen molar-refractivity contribution < 1.29 is 9.59 Å². The van der Waals surface area contributed by atoms with E-state index < -0.39 is 5.54 Å². The first kappa shape index (κ1) is 20.5. The van der Waals surface area contributed by atoms with Crippen molar-refractivity contribution in [1.82, 2.24) is 10.4 Å². The molecule has 2 amide bonds. The van der Waals surface area contributed by atoms with Crippen LogP contribution in [-0.2, 0) is 4.79 Å². The molecule has 1 aromatic rings. The minimum Gasteiger partial charge on any atom is -0.273 e. The standard InChI is InChI=1S/C19H29ClN2O2/c1-5-6-7-8-9-10-17(23)21-22(19(2,3)4)18(24)15-11-13-16(20)14-12-15/h11-14H,5-10H2,1-4H3,(H,21,23). The highest BCUT2D eigenvalue weighted by Crippen LogP contribution is 2.17. The van der Waals surface area contributed by atoms with E-state index in [0.29, 0.717) is 17.0 Å². The van der Waals surface area contributed by atoms with E-state index >= 15 is 0 Å². The zero-order valence-electron chi connectivity index (χ0n) is 15.2. The van der Waals surface area contributed by atoms with Crippen LogP contribution in [0, 0.1) is 0 Å². The minimum atomic E-state index is -0.519. The molecule has 24 heavy (non-hydrogen) atoms. The molecule has 134 valence electrons. The molecule has 0 aliphatic heterocycles. The van der Waals surface area contributed by atoms with Gasteiger partial charge in [-0.05, 0) is 51.5 Å². The highest BCUT2D eigenvalue weighted by atomic mass is 35.5. The van der Waals surface area contributed by atoms with E-state index in [0.717, 1.165) is 19.3 Å². The van der Waals surface area contributed by atoms with Crippen LogP contribution < -0.4 is 5.43 Å². The van der Waals surface area contributed by atoms with Crippen molar-refractivity contribution in [3.05, 3.63) is 34.9 Å². The Morgan fingerprint density at radius 3 is 2.17 bits per heavy atom. The summed E-state index contributed by atoms with van der Waals surface area (Å²) in [5.41, 5.74) is 2.75. The Bertz CT molecular complexity index is 535. The fraction of sp³-hybridized carbons (Fsp3) is 0.579. The molecule has 0 heterocycles. The van der Waals surface area contributed by atoms with Crippen LogP contribution in [0.3, 0.4) is 0 Å². The highest BCUT2D eigenvalue weighted by molar-refractivity contribution is 6.30. The molecule has 1 N–H and O–H groups in total. The molecular weight excluding hydrogens is 324 g/mol. The van der Waals surface area contributed by atoms with Gasteiger partial charge < -0.3 is 0 Å². The summed E-state index contributed by atoms with van der Waals surface area (Å²) in [5.74, 6) is -0.359. The average Bonchev–Trinajstić information content (AvgIpc) is 2.51. The number of hydrazine groups is 1. The monoisotopic (exact) mass is 352 g/mol. The van der Waals surface area contributed by atoms with Gasteiger partial charge in [0.25, 0.3) is 5.91 Å². The molecule has 4 nitrogen and oxygen atoms in total. The van der Waals surface area contributed by atoms with Gasteiger partial charge in [-0.2, -0.15) is 0 Å². The number of benzene rings is 1. The second-order valence-electron chi connectivity index (χ2n) is 7.02. The van der Waals surface area contributed by atoms with E-state index in [9.17, 15) is 9.59 Å². The number of hydrogen-bond donors (Lipinski definition) is 1. The van der Waals surface area contributed by atoms with Crippen LogP contribution in [0.4, 0.5) is 0 Å². The minimum absolute atomic E-state index is 0.122. The predicted octanol–water partition coefficient (Wildman–Crippen LogP) is 4.97. The van der Waals surface area contributed by atoms with Crippen LogP contribution in [0.15, 0.2) is 24.3 Å². The molecule has 0 atom stereocenters. The lowest BCUT2D eigenvalue weighted by atomic mass is 10.1. The first-order valence-corrected chi connectivity index (χ1v) is 9.03. The summed E-state index contributed by atoms with van der Waals surface area (Å²) >= 11 is 5.87. The zero-order chi connectivity index (χ0) is 18.2. The lowest BCUT2D eigenvalue weighted by Crippen LogP contribution is -2.55. The van der Waals surface area contributed by atoms with Gasteiger partial charge in [0.05, 0.1) is 5.54 Å². The molecule has 0 bridgehead atoms. The number of halogens is 1. The SMILES string of the molecule is CCCCCCCC(=O)NN(C(=O)c1ccc(Cl)cc1)C(C)(C)C. The summed E-state index contributed by atoms with van der Waals surface area (Å²) in [6.45, 7) is 7.84. The number of nitrogens with zero attached hydrogens (tertiary/aromatic N) is 1. The number of amides is 2. The lowest BCUT2D eigenvalue weighted by molar-refractivity contribution is -0.127. The van der Waals surface area contributed by atoms with Gasteiger partial charge in [0.2, 0.25) is 5.91 Å². The topological polar surface area (TPSA) is 49.4 Å². The Hall–Kier alpha value is -1.55. The Morgan fingerprint density at radius 1 is 1.04 bits per heavy atom. The molecule has 0 aliphatic carbocycles. The first-order valence-electron chi connectivity index (χ1n) is 8.65. The number of unbranched alkanes of at least 4 members (excludes halogenated alkanes) is 4. The van der Waals surface area contributed by atoms with Gasteiger partial charge in [0, 0.05) is 17.0 Å². The van der Waals surface area contributed by atoms with Gasteiger partial charge in [0.1, 0.15) is 0 Å². The van der Waals surface area contributed by atoms with E-state index in [1.165, 1.54) is 17.9 Å². The second-order valence-corrected chi connectivity index (χ2v) is 7.45. The summed E-state index contributed by atoms with van der Waals surface area (Å²) in [4.78, 5) is 24.9. The van der Waals surface area contributed by atoms with Gasteiger partial charge in [-0.3, -0.25) is 15.0 Å². The van der Waals surface area contributed by atoms with Gasteiger partial charge in [0.15, 0.2) is 0 Å². The van der Waals surface area contributed by atoms with Gasteiger partial charge in [-0.25, -0.2) is 5.01 Å². The third-order valence-electron chi connectivity index (χ3n) is 3.71. The van der Waals surface area contributed by atoms with Crippen LogP contribution in [0.5, 0.6) is 0 Å². The summed E-state index contributed by atoms with van der Waals surface area (Å²) < 4.78 is 0. The van der Waals surface area contributed by atoms with E-state index in [-0.39, 0.29) is 11.8 Å². The van der Waals surface area contributed by atoms with Crippen LogP contribution >= 0.6 is 11.6 Å². The molecule has 0 spiro atoms. The van der Waals surface area contributed by atoms with Crippen LogP contribution in [0.2, 0.25) is 5.02 Å². The fourth-order valence-corrected chi connectivity index (χ4v) is 2.44. The van der Waals surface area contributed by atoms with Crippen LogP contribution in [0.1, 0.15) is 76.6 Å². The summed E-state index contributed by atoms with van der Waals surface area (Å²) in [7, 11) is 0. The maximum atomic E-state index is 12.7. The Balaban J connectivity index is 2.67. The van der Waals surface area contributed by atoms with E-state index in [1.54, 1.807) is 24.3 Å². The van der Waals surface area contributed by atoms with Gasteiger partial charge in [-0.15, -0.1) is 0 Å². The smallest absolute Gasteiger partial charge is 0.272 e. The zero-order valence-corrected chi connectivity index (χ0v) is 15.9. The highest BCUT2D eigenvalue weighted by Gasteiger charge is 2.29. The van der Waals surface area contributed by atoms with Crippen LogP contribution in [0.25, 0.3) is 0 Å². The van der Waals surface area contributed by atoms with E-state index in [1.807, 2.05) is 20.8 Å².